The van der Waals surface area contributed by atoms with Crippen LogP contribution in [-0.4, -0.2) is 41.6 Å². The molecule has 0 aromatic heterocycles. The maximum atomic E-state index is 12.1. The molecule has 1 amide bonds. The number of ether oxygens (including phenoxy) is 1. The topological polar surface area (TPSA) is 46.6 Å². The summed E-state index contributed by atoms with van der Waals surface area (Å²) in [5, 5.41) is 0. The molecular weight excluding hydrogens is 215 g/mol. The minimum Gasteiger partial charge on any atom is -0.459 e. The minimum atomic E-state index is -4.93. The first-order valence-corrected chi connectivity index (χ1v) is 4.40. The summed E-state index contributed by atoms with van der Waals surface area (Å²) < 4.78 is 41.2. The summed E-state index contributed by atoms with van der Waals surface area (Å²) in [6.45, 7) is 1.44. The van der Waals surface area contributed by atoms with E-state index < -0.39 is 30.2 Å². The van der Waals surface area contributed by atoms with Crippen LogP contribution in [0, 0.1) is 5.92 Å². The fraction of sp³-hybridized carbons (Fsp3) is 0.750. The second-order valence-corrected chi connectivity index (χ2v) is 3.73. The maximum absolute atomic E-state index is 12.1. The summed E-state index contributed by atoms with van der Waals surface area (Å²) in [6, 6.07) is -1.07. The Kier molecular flexibility index (Phi) is 1.96. The molecule has 0 aromatic rings. The third-order valence-corrected chi connectivity index (χ3v) is 2.81. The maximum Gasteiger partial charge on any atom is 0.471 e. The first-order valence-electron chi connectivity index (χ1n) is 4.40. The van der Waals surface area contributed by atoms with Crippen molar-refractivity contribution in [3.63, 3.8) is 0 Å². The van der Waals surface area contributed by atoms with Crippen LogP contribution in [0.4, 0.5) is 13.2 Å². The molecule has 2 heterocycles. The highest BCUT2D eigenvalue weighted by molar-refractivity contribution is 5.90. The predicted octanol–water partition coefficient (Wildman–Crippen LogP) is 0.321. The van der Waals surface area contributed by atoms with Gasteiger partial charge in [-0.15, -0.1) is 0 Å². The normalized spacial score (nSPS) is 34.5. The SMILES string of the molecule is C[C@@H]1[C@@H]2CN(C(=O)C(F)(F)F)[C@H]1C(=O)O2. The quantitative estimate of drug-likeness (QED) is 0.555. The van der Waals surface area contributed by atoms with Gasteiger partial charge in [0.2, 0.25) is 0 Å². The number of amides is 1. The van der Waals surface area contributed by atoms with Gasteiger partial charge in [0, 0.05) is 5.92 Å². The zero-order valence-corrected chi connectivity index (χ0v) is 7.75. The van der Waals surface area contributed by atoms with Gasteiger partial charge in [-0.1, -0.05) is 6.92 Å². The van der Waals surface area contributed by atoms with Gasteiger partial charge in [-0.3, -0.25) is 4.79 Å². The van der Waals surface area contributed by atoms with Crippen molar-refractivity contribution in [2.24, 2.45) is 5.92 Å². The number of morpholine rings is 1. The predicted molar refractivity (Wildman–Crippen MR) is 40.6 cm³/mol. The van der Waals surface area contributed by atoms with E-state index in [-0.39, 0.29) is 12.5 Å². The van der Waals surface area contributed by atoms with E-state index in [0.29, 0.717) is 4.90 Å². The van der Waals surface area contributed by atoms with Crippen LogP contribution in [-0.2, 0) is 14.3 Å². The van der Waals surface area contributed by atoms with Crippen LogP contribution in [0.3, 0.4) is 0 Å². The van der Waals surface area contributed by atoms with Crippen LogP contribution in [0.1, 0.15) is 6.92 Å². The molecule has 4 nitrogen and oxygen atoms in total. The number of rotatable bonds is 0. The van der Waals surface area contributed by atoms with Crippen molar-refractivity contribution < 1.29 is 27.5 Å². The summed E-state index contributed by atoms with van der Waals surface area (Å²) in [5.41, 5.74) is 0. The summed E-state index contributed by atoms with van der Waals surface area (Å²) in [6.07, 6.45) is -5.52. The van der Waals surface area contributed by atoms with Gasteiger partial charge < -0.3 is 9.64 Å². The highest BCUT2D eigenvalue weighted by atomic mass is 19.4. The molecule has 0 unspecified atom stereocenters. The summed E-state index contributed by atoms with van der Waals surface area (Å²) in [4.78, 5) is 22.6. The Hall–Kier alpha value is -1.27. The van der Waals surface area contributed by atoms with Crippen molar-refractivity contribution in [2.45, 2.75) is 25.2 Å². The van der Waals surface area contributed by atoms with Crippen molar-refractivity contribution in [1.82, 2.24) is 4.90 Å². The number of carbonyl (C=O) groups excluding carboxylic acids is 2. The fourth-order valence-electron chi connectivity index (χ4n) is 2.04. The largest absolute Gasteiger partial charge is 0.471 e. The molecule has 0 N–H and O–H groups in total. The van der Waals surface area contributed by atoms with Crippen LogP contribution in [0.15, 0.2) is 0 Å². The lowest BCUT2D eigenvalue weighted by molar-refractivity contribution is -0.191. The lowest BCUT2D eigenvalue weighted by Gasteiger charge is -2.26. The highest BCUT2D eigenvalue weighted by Crippen LogP contribution is 2.36. The molecule has 2 saturated heterocycles. The molecular formula is C8H8F3NO3. The molecule has 0 saturated carbocycles. The van der Waals surface area contributed by atoms with Gasteiger partial charge >= 0.3 is 18.1 Å². The number of alkyl halides is 3. The Balaban J connectivity index is 2.21. The number of fused-ring (bicyclic) bond motifs is 2. The summed E-state index contributed by atoms with van der Waals surface area (Å²) in [5.74, 6) is -3.06. The van der Waals surface area contributed by atoms with E-state index in [4.69, 9.17) is 4.74 Å². The monoisotopic (exact) mass is 223 g/mol. The molecule has 84 valence electrons. The molecule has 15 heavy (non-hydrogen) atoms. The van der Waals surface area contributed by atoms with Crippen LogP contribution in [0.5, 0.6) is 0 Å². The number of hydrogen-bond acceptors (Lipinski definition) is 3. The van der Waals surface area contributed by atoms with Crippen LogP contribution >= 0.6 is 0 Å². The Bertz CT molecular complexity index is 328. The number of hydrogen-bond donors (Lipinski definition) is 0. The molecule has 3 atom stereocenters. The van der Waals surface area contributed by atoms with Crippen molar-refractivity contribution in [3.8, 4) is 0 Å². The Morgan fingerprint density at radius 1 is 1.53 bits per heavy atom. The fourth-order valence-corrected chi connectivity index (χ4v) is 2.04. The zero-order valence-electron chi connectivity index (χ0n) is 7.75. The van der Waals surface area contributed by atoms with Crippen LogP contribution in [0.25, 0.3) is 0 Å². The first kappa shape index (κ1) is 10.3. The number of likely N-dealkylation sites (tertiary alicyclic amines) is 1. The third kappa shape index (κ3) is 1.37. The number of esters is 1. The first-order chi connectivity index (χ1) is 6.82. The van der Waals surface area contributed by atoms with Crippen molar-refractivity contribution >= 4 is 11.9 Å². The Labute approximate surface area is 83.0 Å². The van der Waals surface area contributed by atoms with Crippen LogP contribution in [0.2, 0.25) is 0 Å². The second kappa shape index (κ2) is 2.86. The molecule has 7 heteroatoms. The molecule has 2 aliphatic heterocycles. The molecule has 0 radical (unpaired) electrons. The van der Waals surface area contributed by atoms with E-state index in [9.17, 15) is 22.8 Å². The average molecular weight is 223 g/mol. The smallest absolute Gasteiger partial charge is 0.459 e. The minimum absolute atomic E-state index is 0.157. The number of halogens is 3. The van der Waals surface area contributed by atoms with E-state index in [1.807, 2.05) is 0 Å². The number of carbonyl (C=O) groups is 2. The van der Waals surface area contributed by atoms with E-state index in [1.165, 1.54) is 0 Å². The van der Waals surface area contributed by atoms with Crippen molar-refractivity contribution in [1.29, 1.82) is 0 Å². The van der Waals surface area contributed by atoms with E-state index in [1.54, 1.807) is 6.92 Å². The van der Waals surface area contributed by atoms with E-state index in [2.05, 4.69) is 0 Å². The Morgan fingerprint density at radius 2 is 2.13 bits per heavy atom. The summed E-state index contributed by atoms with van der Waals surface area (Å²) >= 11 is 0. The molecule has 2 rings (SSSR count). The molecule has 2 aliphatic rings. The standard InChI is InChI=1S/C8H8F3NO3/c1-3-4-2-12(5(3)6(13)15-4)7(14)8(9,10)11/h3-5H,2H2,1H3/t3-,4+,5-/m1/s1. The molecule has 2 bridgehead atoms. The van der Waals surface area contributed by atoms with Crippen molar-refractivity contribution in [3.05, 3.63) is 0 Å². The van der Waals surface area contributed by atoms with Gasteiger partial charge in [0.1, 0.15) is 12.1 Å². The zero-order chi connectivity index (χ0) is 11.4. The van der Waals surface area contributed by atoms with Gasteiger partial charge in [-0.25, -0.2) is 4.79 Å². The Morgan fingerprint density at radius 3 is 2.53 bits per heavy atom. The second-order valence-electron chi connectivity index (χ2n) is 3.73. The van der Waals surface area contributed by atoms with Crippen LogP contribution < -0.4 is 0 Å². The lowest BCUT2D eigenvalue weighted by atomic mass is 10.0. The molecule has 0 aromatic carbocycles. The molecule has 0 spiro atoms. The average Bonchev–Trinajstić information content (AvgIpc) is 2.54. The van der Waals surface area contributed by atoms with Crippen molar-refractivity contribution in [2.75, 3.05) is 6.54 Å². The van der Waals surface area contributed by atoms with Gasteiger partial charge in [-0.05, 0) is 0 Å². The van der Waals surface area contributed by atoms with Gasteiger partial charge in [0.25, 0.3) is 0 Å². The van der Waals surface area contributed by atoms with E-state index >= 15 is 0 Å². The molecule has 2 fully saturated rings. The summed E-state index contributed by atoms with van der Waals surface area (Å²) in [7, 11) is 0. The van der Waals surface area contributed by atoms with Gasteiger partial charge in [0.15, 0.2) is 0 Å². The number of nitrogens with zero attached hydrogens (tertiary/aromatic N) is 1. The molecule has 0 aliphatic carbocycles. The highest BCUT2D eigenvalue weighted by Gasteiger charge is 2.58. The van der Waals surface area contributed by atoms with Gasteiger partial charge in [0.05, 0.1) is 6.54 Å². The lowest BCUT2D eigenvalue weighted by Crippen LogP contribution is -2.50. The van der Waals surface area contributed by atoms with Gasteiger partial charge in [-0.2, -0.15) is 13.2 Å². The van der Waals surface area contributed by atoms with E-state index in [0.717, 1.165) is 0 Å². The third-order valence-electron chi connectivity index (χ3n) is 2.81.